The number of ether oxygens (including phenoxy) is 1. The van der Waals surface area contributed by atoms with Crippen molar-refractivity contribution in [2.24, 2.45) is 5.92 Å². The third-order valence-electron chi connectivity index (χ3n) is 4.32. The van der Waals surface area contributed by atoms with Crippen molar-refractivity contribution in [3.8, 4) is 6.07 Å². The van der Waals surface area contributed by atoms with Gasteiger partial charge in [-0.3, -0.25) is 9.78 Å². The summed E-state index contributed by atoms with van der Waals surface area (Å²) in [6.45, 7) is 5.22. The molecule has 1 N–H and O–H groups in total. The van der Waals surface area contributed by atoms with Gasteiger partial charge in [0.05, 0.1) is 18.7 Å². The molecule has 8 heteroatoms. The largest absolute Gasteiger partial charge is 0.449 e. The van der Waals surface area contributed by atoms with Gasteiger partial charge < -0.3 is 15.0 Å². The lowest BCUT2D eigenvalue weighted by atomic mass is 10.0. The van der Waals surface area contributed by atoms with Crippen molar-refractivity contribution in [2.45, 2.75) is 26.8 Å². The SMILES string of the molecule is CC(C)COC(=O)N1CCc2c(sc(NC(=O)C=Cc3cccnc3)c2C#N)C1. The van der Waals surface area contributed by atoms with Gasteiger partial charge in [-0.1, -0.05) is 19.9 Å². The highest BCUT2D eigenvalue weighted by Gasteiger charge is 2.28. The van der Waals surface area contributed by atoms with Crippen LogP contribution in [-0.4, -0.2) is 35.0 Å². The summed E-state index contributed by atoms with van der Waals surface area (Å²) < 4.78 is 5.30. The van der Waals surface area contributed by atoms with Gasteiger partial charge in [0.2, 0.25) is 5.91 Å². The summed E-state index contributed by atoms with van der Waals surface area (Å²) in [5, 5.41) is 12.9. The number of fused-ring (bicyclic) bond motifs is 1. The summed E-state index contributed by atoms with van der Waals surface area (Å²) in [5.41, 5.74) is 2.18. The maximum Gasteiger partial charge on any atom is 0.410 e. The number of rotatable bonds is 5. The number of nitrogens with one attached hydrogen (secondary N) is 1. The van der Waals surface area contributed by atoms with Gasteiger partial charge in [0.1, 0.15) is 11.1 Å². The van der Waals surface area contributed by atoms with E-state index in [9.17, 15) is 14.9 Å². The van der Waals surface area contributed by atoms with Crippen molar-refractivity contribution in [1.29, 1.82) is 5.26 Å². The lowest BCUT2D eigenvalue weighted by Crippen LogP contribution is -2.36. The Labute approximate surface area is 173 Å². The van der Waals surface area contributed by atoms with Crippen molar-refractivity contribution < 1.29 is 14.3 Å². The van der Waals surface area contributed by atoms with E-state index < -0.39 is 0 Å². The number of anilines is 1. The fourth-order valence-corrected chi connectivity index (χ4v) is 4.11. The van der Waals surface area contributed by atoms with Gasteiger partial charge in [0.15, 0.2) is 0 Å². The Morgan fingerprint density at radius 1 is 1.48 bits per heavy atom. The normalized spacial score (nSPS) is 13.2. The highest BCUT2D eigenvalue weighted by molar-refractivity contribution is 7.16. The van der Waals surface area contributed by atoms with E-state index in [0.29, 0.717) is 36.7 Å². The molecule has 150 valence electrons. The number of thiophene rings is 1. The summed E-state index contributed by atoms with van der Waals surface area (Å²) in [5.74, 6) is -0.0510. The minimum absolute atomic E-state index is 0.271. The van der Waals surface area contributed by atoms with Crippen LogP contribution in [0.3, 0.4) is 0 Å². The van der Waals surface area contributed by atoms with Crippen molar-refractivity contribution in [3.63, 3.8) is 0 Å². The Kier molecular flexibility index (Phi) is 6.62. The Morgan fingerprint density at radius 2 is 2.31 bits per heavy atom. The van der Waals surface area contributed by atoms with E-state index in [1.165, 1.54) is 17.4 Å². The molecule has 0 saturated heterocycles. The maximum atomic E-state index is 12.3. The molecule has 1 aliphatic heterocycles. The van der Waals surface area contributed by atoms with Gasteiger partial charge in [-0.2, -0.15) is 5.26 Å². The first kappa shape index (κ1) is 20.6. The molecule has 3 heterocycles. The molecule has 0 atom stereocenters. The number of aromatic nitrogens is 1. The molecule has 0 aliphatic carbocycles. The first-order valence-corrected chi connectivity index (χ1v) is 10.1. The van der Waals surface area contributed by atoms with E-state index in [2.05, 4.69) is 16.4 Å². The van der Waals surface area contributed by atoms with Crippen LogP contribution in [0.5, 0.6) is 0 Å². The molecule has 0 spiro atoms. The minimum atomic E-state index is -0.346. The van der Waals surface area contributed by atoms with Crippen molar-refractivity contribution in [3.05, 3.63) is 52.2 Å². The molecular formula is C21H22N4O3S. The number of nitrogens with zero attached hydrogens (tertiary/aromatic N) is 3. The van der Waals surface area contributed by atoms with Crippen LogP contribution in [0.2, 0.25) is 0 Å². The molecule has 0 radical (unpaired) electrons. The van der Waals surface area contributed by atoms with E-state index in [1.807, 2.05) is 19.9 Å². The number of nitriles is 1. The average molecular weight is 410 g/mol. The van der Waals surface area contributed by atoms with Gasteiger partial charge >= 0.3 is 6.09 Å². The molecule has 1 aliphatic rings. The molecule has 2 amide bonds. The summed E-state index contributed by atoms with van der Waals surface area (Å²) in [7, 11) is 0. The fourth-order valence-electron chi connectivity index (χ4n) is 2.89. The summed E-state index contributed by atoms with van der Waals surface area (Å²) in [6, 6.07) is 5.82. The Morgan fingerprint density at radius 3 is 3.00 bits per heavy atom. The topological polar surface area (TPSA) is 95.3 Å². The molecule has 0 fully saturated rings. The zero-order valence-corrected chi connectivity index (χ0v) is 17.2. The van der Waals surface area contributed by atoms with Gasteiger partial charge in [0, 0.05) is 29.9 Å². The molecule has 29 heavy (non-hydrogen) atoms. The van der Waals surface area contributed by atoms with Gasteiger partial charge in [0.25, 0.3) is 0 Å². The molecular weight excluding hydrogens is 388 g/mol. The van der Waals surface area contributed by atoms with Crippen LogP contribution in [0, 0.1) is 17.2 Å². The Balaban J connectivity index is 1.69. The molecule has 2 aromatic rings. The lowest BCUT2D eigenvalue weighted by Gasteiger charge is -2.26. The van der Waals surface area contributed by atoms with Crippen molar-refractivity contribution in [2.75, 3.05) is 18.5 Å². The number of carbonyl (C=O) groups is 2. The van der Waals surface area contributed by atoms with Gasteiger partial charge in [-0.25, -0.2) is 4.79 Å². The quantitative estimate of drug-likeness (QED) is 0.756. The highest BCUT2D eigenvalue weighted by atomic mass is 32.1. The van der Waals surface area contributed by atoms with E-state index in [-0.39, 0.29) is 17.9 Å². The van der Waals surface area contributed by atoms with E-state index in [0.717, 1.165) is 16.0 Å². The minimum Gasteiger partial charge on any atom is -0.449 e. The van der Waals surface area contributed by atoms with E-state index in [4.69, 9.17) is 4.74 Å². The van der Waals surface area contributed by atoms with Crippen LogP contribution in [0.4, 0.5) is 9.80 Å². The average Bonchev–Trinajstić information content (AvgIpc) is 3.07. The predicted molar refractivity (Wildman–Crippen MR) is 111 cm³/mol. The molecule has 0 saturated carbocycles. The fraction of sp³-hybridized carbons (Fsp3) is 0.333. The number of carbonyl (C=O) groups excluding carboxylic acids is 2. The zero-order chi connectivity index (χ0) is 20.8. The zero-order valence-electron chi connectivity index (χ0n) is 16.3. The van der Waals surface area contributed by atoms with Gasteiger partial charge in [-0.05, 0) is 35.6 Å². The van der Waals surface area contributed by atoms with E-state index >= 15 is 0 Å². The van der Waals surface area contributed by atoms with Crippen LogP contribution >= 0.6 is 11.3 Å². The predicted octanol–water partition coefficient (Wildman–Crippen LogP) is 3.82. The van der Waals surface area contributed by atoms with Crippen molar-refractivity contribution >= 4 is 34.4 Å². The van der Waals surface area contributed by atoms with Crippen LogP contribution in [0.1, 0.15) is 35.4 Å². The van der Waals surface area contributed by atoms with Crippen LogP contribution in [0.15, 0.2) is 30.6 Å². The summed E-state index contributed by atoms with van der Waals surface area (Å²) in [4.78, 5) is 31.0. The highest BCUT2D eigenvalue weighted by Crippen LogP contribution is 2.36. The van der Waals surface area contributed by atoms with Gasteiger partial charge in [-0.15, -0.1) is 11.3 Å². The van der Waals surface area contributed by atoms with Crippen LogP contribution < -0.4 is 5.32 Å². The third kappa shape index (κ3) is 5.21. The first-order chi connectivity index (χ1) is 14.0. The third-order valence-corrected chi connectivity index (χ3v) is 5.45. The standard InChI is InChI=1S/C21H22N4O3S/c1-14(2)13-28-21(27)25-9-7-16-17(10-22)20(29-18(16)12-25)24-19(26)6-5-15-4-3-8-23-11-15/h3-6,8,11,14H,7,9,12-13H2,1-2H3,(H,24,26). The summed E-state index contributed by atoms with van der Waals surface area (Å²) in [6.07, 6.45) is 6.60. The molecule has 7 nitrogen and oxygen atoms in total. The maximum absolute atomic E-state index is 12.3. The molecule has 2 aromatic heterocycles. The number of pyridine rings is 1. The van der Waals surface area contributed by atoms with E-state index in [1.54, 1.807) is 29.4 Å². The Hall–Kier alpha value is -3.18. The number of amides is 2. The monoisotopic (exact) mass is 410 g/mol. The number of hydrogen-bond donors (Lipinski definition) is 1. The summed E-state index contributed by atoms with van der Waals surface area (Å²) >= 11 is 1.33. The van der Waals surface area contributed by atoms with Crippen LogP contribution in [-0.2, 0) is 22.5 Å². The second kappa shape index (κ2) is 9.34. The van der Waals surface area contributed by atoms with Crippen LogP contribution in [0.25, 0.3) is 6.08 Å². The smallest absolute Gasteiger partial charge is 0.410 e. The molecule has 0 bridgehead atoms. The lowest BCUT2D eigenvalue weighted by molar-refractivity contribution is -0.111. The van der Waals surface area contributed by atoms with Crippen molar-refractivity contribution in [1.82, 2.24) is 9.88 Å². The second-order valence-electron chi connectivity index (χ2n) is 7.07. The Bertz CT molecular complexity index is 960. The number of hydrogen-bond acceptors (Lipinski definition) is 6. The first-order valence-electron chi connectivity index (χ1n) is 9.33. The second-order valence-corrected chi connectivity index (χ2v) is 8.18. The molecule has 3 rings (SSSR count). The molecule has 0 aromatic carbocycles. The molecule has 0 unspecified atom stereocenters.